The number of rotatable bonds is 5. The van der Waals surface area contributed by atoms with Crippen molar-refractivity contribution in [3.8, 4) is 5.75 Å². The second-order valence-electron chi connectivity index (χ2n) is 5.04. The van der Waals surface area contributed by atoms with Crippen LogP contribution in [0.1, 0.15) is 37.2 Å². The standard InChI is InChI=1S/C17H20O3/c1-12(2)20-15-10-6-9-14(11-15)17(19)16(18)13-7-4-3-5-8-13/h3-12,16-19H,1-2H3. The predicted octanol–water partition coefficient (Wildman–Crippen LogP) is 3.24. The first-order valence-electron chi connectivity index (χ1n) is 6.75. The maximum absolute atomic E-state index is 10.3. The molecule has 0 fully saturated rings. The number of hydrogen-bond donors (Lipinski definition) is 2. The molecule has 0 aliphatic rings. The summed E-state index contributed by atoms with van der Waals surface area (Å²) in [7, 11) is 0. The molecule has 0 saturated carbocycles. The van der Waals surface area contributed by atoms with Crippen molar-refractivity contribution < 1.29 is 14.9 Å². The number of hydrogen-bond acceptors (Lipinski definition) is 3. The highest BCUT2D eigenvalue weighted by molar-refractivity contribution is 5.32. The van der Waals surface area contributed by atoms with Gasteiger partial charge >= 0.3 is 0 Å². The summed E-state index contributed by atoms with van der Waals surface area (Å²) in [6.07, 6.45) is -1.86. The molecule has 2 aromatic rings. The zero-order valence-electron chi connectivity index (χ0n) is 11.7. The molecule has 0 aliphatic heterocycles. The summed E-state index contributed by atoms with van der Waals surface area (Å²) < 4.78 is 5.60. The van der Waals surface area contributed by atoms with Crippen LogP contribution in [0, 0.1) is 0 Å². The quantitative estimate of drug-likeness (QED) is 0.878. The highest BCUT2D eigenvalue weighted by Gasteiger charge is 2.20. The van der Waals surface area contributed by atoms with Crippen LogP contribution < -0.4 is 4.74 Å². The van der Waals surface area contributed by atoms with Gasteiger partial charge in [-0.1, -0.05) is 42.5 Å². The molecule has 2 unspecified atom stereocenters. The van der Waals surface area contributed by atoms with Crippen LogP contribution in [-0.4, -0.2) is 16.3 Å². The van der Waals surface area contributed by atoms with Crippen molar-refractivity contribution in [2.24, 2.45) is 0 Å². The van der Waals surface area contributed by atoms with Crippen molar-refractivity contribution >= 4 is 0 Å². The van der Waals surface area contributed by atoms with Crippen molar-refractivity contribution in [2.75, 3.05) is 0 Å². The molecule has 0 saturated heterocycles. The summed E-state index contributed by atoms with van der Waals surface area (Å²) in [5, 5.41) is 20.5. The molecule has 0 radical (unpaired) electrons. The van der Waals surface area contributed by atoms with Crippen LogP contribution >= 0.6 is 0 Å². The summed E-state index contributed by atoms with van der Waals surface area (Å²) in [5.41, 5.74) is 1.33. The molecule has 2 aromatic carbocycles. The van der Waals surface area contributed by atoms with E-state index in [-0.39, 0.29) is 6.10 Å². The minimum absolute atomic E-state index is 0.0708. The molecule has 2 N–H and O–H groups in total. The molecule has 0 aliphatic carbocycles. The van der Waals surface area contributed by atoms with Crippen molar-refractivity contribution in [1.29, 1.82) is 0 Å². The third-order valence-electron chi connectivity index (χ3n) is 3.01. The summed E-state index contributed by atoms with van der Waals surface area (Å²) in [5.74, 6) is 0.691. The van der Waals surface area contributed by atoms with E-state index in [2.05, 4.69) is 0 Å². The van der Waals surface area contributed by atoms with E-state index in [4.69, 9.17) is 4.74 Å². The maximum Gasteiger partial charge on any atom is 0.120 e. The van der Waals surface area contributed by atoms with Crippen molar-refractivity contribution in [3.63, 3.8) is 0 Å². The molecule has 0 heterocycles. The topological polar surface area (TPSA) is 49.7 Å². The first-order valence-corrected chi connectivity index (χ1v) is 6.75. The second-order valence-corrected chi connectivity index (χ2v) is 5.04. The Bertz CT molecular complexity index is 537. The van der Waals surface area contributed by atoms with Crippen molar-refractivity contribution in [2.45, 2.75) is 32.2 Å². The van der Waals surface area contributed by atoms with E-state index in [1.807, 2.05) is 44.2 Å². The van der Waals surface area contributed by atoms with Gasteiger partial charge in [0.15, 0.2) is 0 Å². The number of benzene rings is 2. The van der Waals surface area contributed by atoms with E-state index in [0.29, 0.717) is 16.9 Å². The summed E-state index contributed by atoms with van der Waals surface area (Å²) in [4.78, 5) is 0. The first kappa shape index (κ1) is 14.6. The Morgan fingerprint density at radius 3 is 2.05 bits per heavy atom. The van der Waals surface area contributed by atoms with E-state index in [9.17, 15) is 10.2 Å². The lowest BCUT2D eigenvalue weighted by atomic mass is 9.98. The van der Waals surface area contributed by atoms with E-state index >= 15 is 0 Å². The molecule has 3 heteroatoms. The Morgan fingerprint density at radius 1 is 0.800 bits per heavy atom. The van der Waals surface area contributed by atoms with Crippen LogP contribution in [0.3, 0.4) is 0 Å². The lowest BCUT2D eigenvalue weighted by molar-refractivity contribution is 0.0171. The van der Waals surface area contributed by atoms with E-state index in [1.54, 1.807) is 24.3 Å². The minimum atomic E-state index is -0.979. The lowest BCUT2D eigenvalue weighted by Gasteiger charge is -2.19. The molecular formula is C17H20O3. The second kappa shape index (κ2) is 6.55. The average Bonchev–Trinajstić information content (AvgIpc) is 2.46. The minimum Gasteiger partial charge on any atom is -0.491 e. The Balaban J connectivity index is 2.18. The molecule has 0 aromatic heterocycles. The zero-order valence-corrected chi connectivity index (χ0v) is 11.7. The van der Waals surface area contributed by atoms with Gasteiger partial charge in [-0.3, -0.25) is 0 Å². The monoisotopic (exact) mass is 272 g/mol. The SMILES string of the molecule is CC(C)Oc1cccc(C(O)C(O)c2ccccc2)c1. The van der Waals surface area contributed by atoms with Gasteiger partial charge in [0.1, 0.15) is 18.0 Å². The molecule has 0 spiro atoms. The van der Waals surface area contributed by atoms with Crippen LogP contribution in [0.15, 0.2) is 54.6 Å². The van der Waals surface area contributed by atoms with Crippen LogP contribution in [0.2, 0.25) is 0 Å². The van der Waals surface area contributed by atoms with E-state index in [1.165, 1.54) is 0 Å². The summed E-state index contributed by atoms with van der Waals surface area (Å²) in [6.45, 7) is 3.89. The zero-order chi connectivity index (χ0) is 14.5. The van der Waals surface area contributed by atoms with Crippen LogP contribution in [0.4, 0.5) is 0 Å². The van der Waals surface area contributed by atoms with Crippen molar-refractivity contribution in [1.82, 2.24) is 0 Å². The van der Waals surface area contributed by atoms with Gasteiger partial charge in [-0.2, -0.15) is 0 Å². The van der Waals surface area contributed by atoms with Crippen molar-refractivity contribution in [3.05, 3.63) is 65.7 Å². The Kier molecular flexibility index (Phi) is 4.77. The van der Waals surface area contributed by atoms with Gasteiger partial charge in [0.2, 0.25) is 0 Å². The highest BCUT2D eigenvalue weighted by Crippen LogP contribution is 2.30. The smallest absolute Gasteiger partial charge is 0.120 e. The number of aliphatic hydroxyl groups is 2. The molecule has 3 nitrogen and oxygen atoms in total. The first-order chi connectivity index (χ1) is 9.58. The number of ether oxygens (including phenoxy) is 1. The predicted molar refractivity (Wildman–Crippen MR) is 78.6 cm³/mol. The van der Waals surface area contributed by atoms with Crippen LogP contribution in [0.5, 0.6) is 5.75 Å². The Labute approximate surface area is 119 Å². The van der Waals surface area contributed by atoms with Gasteiger partial charge in [0, 0.05) is 0 Å². The number of aliphatic hydroxyl groups excluding tert-OH is 2. The molecular weight excluding hydrogens is 252 g/mol. The van der Waals surface area contributed by atoms with Gasteiger partial charge in [-0.25, -0.2) is 0 Å². The van der Waals surface area contributed by atoms with Gasteiger partial charge in [-0.15, -0.1) is 0 Å². The van der Waals surface area contributed by atoms with E-state index < -0.39 is 12.2 Å². The molecule has 0 bridgehead atoms. The molecule has 106 valence electrons. The molecule has 2 atom stereocenters. The van der Waals surface area contributed by atoms with Crippen LogP contribution in [0.25, 0.3) is 0 Å². The van der Waals surface area contributed by atoms with Crippen LogP contribution in [-0.2, 0) is 0 Å². The fourth-order valence-electron chi connectivity index (χ4n) is 2.06. The third-order valence-corrected chi connectivity index (χ3v) is 3.01. The fraction of sp³-hybridized carbons (Fsp3) is 0.294. The van der Waals surface area contributed by atoms with Gasteiger partial charge < -0.3 is 14.9 Å². The molecule has 2 rings (SSSR count). The van der Waals surface area contributed by atoms with E-state index in [0.717, 1.165) is 0 Å². The third kappa shape index (κ3) is 3.59. The Hall–Kier alpha value is -1.84. The maximum atomic E-state index is 10.3. The fourth-order valence-corrected chi connectivity index (χ4v) is 2.06. The van der Waals surface area contributed by atoms with Gasteiger partial charge in [0.25, 0.3) is 0 Å². The van der Waals surface area contributed by atoms with Gasteiger partial charge in [0.05, 0.1) is 6.10 Å². The summed E-state index contributed by atoms with van der Waals surface area (Å²) in [6, 6.07) is 16.3. The average molecular weight is 272 g/mol. The highest BCUT2D eigenvalue weighted by atomic mass is 16.5. The lowest BCUT2D eigenvalue weighted by Crippen LogP contribution is -2.11. The largest absolute Gasteiger partial charge is 0.491 e. The summed E-state index contributed by atoms with van der Waals surface area (Å²) >= 11 is 0. The molecule has 20 heavy (non-hydrogen) atoms. The van der Waals surface area contributed by atoms with Gasteiger partial charge in [-0.05, 0) is 37.1 Å². The Morgan fingerprint density at radius 2 is 1.40 bits per heavy atom. The normalized spacial score (nSPS) is 14.1. The molecule has 0 amide bonds.